The van der Waals surface area contributed by atoms with Gasteiger partial charge in [0.05, 0.1) is 26.5 Å². The molecule has 0 bridgehead atoms. The maximum absolute atomic E-state index is 13.2. The number of amides is 1. The highest BCUT2D eigenvalue weighted by Crippen LogP contribution is 2.37. The molecule has 7 heteroatoms. The van der Waals surface area contributed by atoms with Crippen LogP contribution in [-0.2, 0) is 11.3 Å². The first kappa shape index (κ1) is 22.8. The summed E-state index contributed by atoms with van der Waals surface area (Å²) < 4.78 is 10.9. The van der Waals surface area contributed by atoms with Crippen molar-refractivity contribution in [2.75, 3.05) is 20.8 Å². The normalized spacial score (nSPS) is 16.8. The third-order valence-corrected chi connectivity index (χ3v) is 5.88. The van der Waals surface area contributed by atoms with Crippen molar-refractivity contribution in [1.29, 1.82) is 0 Å². The fourth-order valence-corrected chi connectivity index (χ4v) is 4.10. The Bertz CT molecular complexity index is 1150. The van der Waals surface area contributed by atoms with Crippen molar-refractivity contribution in [3.8, 4) is 11.5 Å². The first-order valence-electron chi connectivity index (χ1n) is 10.6. The number of hydrogen-bond acceptors (Lipinski definition) is 5. The molecular weight excluding hydrogens is 438 g/mol. The van der Waals surface area contributed by atoms with Gasteiger partial charge in [-0.25, -0.2) is 5.01 Å². The van der Waals surface area contributed by atoms with Crippen LogP contribution in [0.4, 0.5) is 0 Å². The van der Waals surface area contributed by atoms with Crippen LogP contribution in [0.5, 0.6) is 11.5 Å². The van der Waals surface area contributed by atoms with Gasteiger partial charge in [-0.05, 0) is 47.9 Å². The lowest BCUT2D eigenvalue weighted by Crippen LogP contribution is -2.29. The molecule has 1 aliphatic heterocycles. The van der Waals surface area contributed by atoms with E-state index in [1.165, 1.54) is 0 Å². The predicted molar refractivity (Wildman–Crippen MR) is 130 cm³/mol. The molecular formula is C26H26ClN3O3. The summed E-state index contributed by atoms with van der Waals surface area (Å²) in [5.74, 6) is 1.17. The second-order valence-electron chi connectivity index (χ2n) is 7.81. The highest BCUT2D eigenvalue weighted by atomic mass is 35.5. The van der Waals surface area contributed by atoms with Crippen LogP contribution in [0.25, 0.3) is 0 Å². The van der Waals surface area contributed by atoms with E-state index in [1.807, 2.05) is 67.6 Å². The molecule has 170 valence electrons. The van der Waals surface area contributed by atoms with Crippen molar-refractivity contribution < 1.29 is 14.3 Å². The lowest BCUT2D eigenvalue weighted by molar-refractivity contribution is -0.128. The molecule has 0 aromatic heterocycles. The number of hydrogen-bond donors (Lipinski definition) is 0. The van der Waals surface area contributed by atoms with E-state index in [0.717, 1.165) is 22.4 Å². The Kier molecular flexibility index (Phi) is 6.96. The van der Waals surface area contributed by atoms with Gasteiger partial charge in [0.15, 0.2) is 11.5 Å². The number of hydrazone groups is 1. The van der Waals surface area contributed by atoms with Gasteiger partial charge in [0, 0.05) is 11.6 Å². The van der Waals surface area contributed by atoms with Crippen LogP contribution in [0.2, 0.25) is 5.02 Å². The minimum absolute atomic E-state index is 0.0703. The molecule has 1 heterocycles. The second-order valence-corrected chi connectivity index (χ2v) is 8.25. The van der Waals surface area contributed by atoms with Crippen molar-refractivity contribution in [3.05, 3.63) is 94.5 Å². The molecule has 6 nitrogen and oxygen atoms in total. The number of rotatable bonds is 7. The van der Waals surface area contributed by atoms with Crippen LogP contribution in [0.1, 0.15) is 29.8 Å². The highest BCUT2D eigenvalue weighted by molar-refractivity contribution is 6.30. The molecule has 4 rings (SSSR count). The summed E-state index contributed by atoms with van der Waals surface area (Å²) in [6, 6.07) is 23.2. The van der Waals surface area contributed by atoms with Crippen molar-refractivity contribution in [3.63, 3.8) is 0 Å². The third kappa shape index (κ3) is 5.02. The van der Waals surface area contributed by atoms with Crippen LogP contribution in [0.3, 0.4) is 0 Å². The average Bonchev–Trinajstić information content (AvgIpc) is 3.13. The van der Waals surface area contributed by atoms with Crippen molar-refractivity contribution in [1.82, 2.24) is 9.91 Å². The van der Waals surface area contributed by atoms with Crippen LogP contribution >= 0.6 is 11.6 Å². The van der Waals surface area contributed by atoms with Crippen LogP contribution in [0.15, 0.2) is 77.9 Å². The average molecular weight is 464 g/mol. The van der Waals surface area contributed by atoms with Gasteiger partial charge in [-0.3, -0.25) is 9.69 Å². The number of nitrogens with zero attached hydrogens (tertiary/aromatic N) is 3. The van der Waals surface area contributed by atoms with Crippen molar-refractivity contribution in [2.24, 2.45) is 5.10 Å². The van der Waals surface area contributed by atoms with Gasteiger partial charge in [0.1, 0.15) is 6.17 Å². The van der Waals surface area contributed by atoms with E-state index in [1.54, 1.807) is 19.2 Å². The monoisotopic (exact) mass is 463 g/mol. The first-order valence-corrected chi connectivity index (χ1v) is 11.0. The smallest absolute Gasteiger partial charge is 0.258 e. The standard InChI is InChI=1S/C26H26ClN3O3/c1-18(20-9-12-22(27)13-10-20)28-30-25(31)17-29(16-19-7-5-4-6-8-19)26(30)21-11-14-23(32-2)24(15-21)33-3/h4-15,26H,16-17H2,1-3H3/b28-18+. The molecule has 1 aliphatic rings. The molecule has 3 aromatic rings. The van der Waals surface area contributed by atoms with Crippen molar-refractivity contribution in [2.45, 2.75) is 19.6 Å². The predicted octanol–water partition coefficient (Wildman–Crippen LogP) is 5.12. The Hall–Kier alpha value is -3.35. The van der Waals surface area contributed by atoms with Crippen molar-refractivity contribution >= 4 is 23.2 Å². The third-order valence-electron chi connectivity index (χ3n) is 5.63. The van der Waals surface area contributed by atoms with Gasteiger partial charge >= 0.3 is 0 Å². The summed E-state index contributed by atoms with van der Waals surface area (Å²) in [6.07, 6.45) is -0.389. The van der Waals surface area contributed by atoms with E-state index in [9.17, 15) is 4.79 Å². The van der Waals surface area contributed by atoms with E-state index in [-0.39, 0.29) is 18.6 Å². The molecule has 3 aromatic carbocycles. The minimum atomic E-state index is -0.389. The molecule has 0 saturated carbocycles. The number of halogens is 1. The molecule has 1 amide bonds. The largest absolute Gasteiger partial charge is 0.493 e. The zero-order valence-corrected chi connectivity index (χ0v) is 19.6. The topological polar surface area (TPSA) is 54.4 Å². The number of carbonyl (C=O) groups excluding carboxylic acids is 1. The van der Waals surface area contributed by atoms with Gasteiger partial charge in [0.25, 0.3) is 5.91 Å². The summed E-state index contributed by atoms with van der Waals surface area (Å²) >= 11 is 6.03. The summed E-state index contributed by atoms with van der Waals surface area (Å²) in [6.45, 7) is 2.75. The minimum Gasteiger partial charge on any atom is -0.493 e. The van der Waals surface area contributed by atoms with Gasteiger partial charge < -0.3 is 9.47 Å². The van der Waals surface area contributed by atoms with Crippen LogP contribution in [0, 0.1) is 0 Å². The first-order chi connectivity index (χ1) is 16.0. The molecule has 0 spiro atoms. The van der Waals surface area contributed by atoms with Gasteiger partial charge in [0.2, 0.25) is 0 Å². The quantitative estimate of drug-likeness (QED) is 0.456. The maximum atomic E-state index is 13.2. The summed E-state index contributed by atoms with van der Waals surface area (Å²) in [5.41, 5.74) is 3.64. The fraction of sp³-hybridized carbons (Fsp3) is 0.231. The zero-order chi connectivity index (χ0) is 23.4. The number of ether oxygens (including phenoxy) is 2. The Balaban J connectivity index is 1.74. The second kappa shape index (κ2) is 10.1. The molecule has 0 aliphatic carbocycles. The fourth-order valence-electron chi connectivity index (χ4n) is 3.97. The van der Waals surface area contributed by atoms with E-state index in [0.29, 0.717) is 23.1 Å². The van der Waals surface area contributed by atoms with E-state index in [2.05, 4.69) is 17.0 Å². The molecule has 1 saturated heterocycles. The molecule has 1 atom stereocenters. The Labute approximate surface area is 199 Å². The summed E-state index contributed by atoms with van der Waals surface area (Å²) in [7, 11) is 3.20. The maximum Gasteiger partial charge on any atom is 0.258 e. The number of benzene rings is 3. The zero-order valence-electron chi connectivity index (χ0n) is 18.9. The summed E-state index contributed by atoms with van der Waals surface area (Å²) in [4.78, 5) is 15.3. The molecule has 33 heavy (non-hydrogen) atoms. The van der Waals surface area contributed by atoms with E-state index in [4.69, 9.17) is 26.2 Å². The molecule has 1 fully saturated rings. The molecule has 0 radical (unpaired) electrons. The highest BCUT2D eigenvalue weighted by Gasteiger charge is 2.39. The van der Waals surface area contributed by atoms with Gasteiger partial charge in [-0.2, -0.15) is 5.10 Å². The Morgan fingerprint density at radius 3 is 2.36 bits per heavy atom. The summed E-state index contributed by atoms with van der Waals surface area (Å²) in [5, 5.41) is 6.97. The lowest BCUT2D eigenvalue weighted by Gasteiger charge is -2.28. The number of methoxy groups -OCH3 is 2. The van der Waals surface area contributed by atoms with Crippen LogP contribution in [-0.4, -0.2) is 42.3 Å². The molecule has 1 unspecified atom stereocenters. The SMILES string of the molecule is COc1ccc(C2N(Cc3ccccc3)CC(=O)N2/N=C(\C)c2ccc(Cl)cc2)cc1OC. The Morgan fingerprint density at radius 2 is 1.70 bits per heavy atom. The molecule has 0 N–H and O–H groups in total. The number of carbonyl (C=O) groups is 1. The Morgan fingerprint density at radius 1 is 1.00 bits per heavy atom. The van der Waals surface area contributed by atoms with E-state index >= 15 is 0 Å². The van der Waals surface area contributed by atoms with Gasteiger partial charge in [-0.1, -0.05) is 60.1 Å². The lowest BCUT2D eigenvalue weighted by atomic mass is 10.1. The van der Waals surface area contributed by atoms with Gasteiger partial charge in [-0.15, -0.1) is 0 Å². The van der Waals surface area contributed by atoms with E-state index < -0.39 is 0 Å². The van der Waals surface area contributed by atoms with Crippen LogP contribution < -0.4 is 9.47 Å².